The Kier molecular flexibility index (Phi) is 5.32. The van der Waals surface area contributed by atoms with E-state index in [-0.39, 0.29) is 5.92 Å². The Morgan fingerprint density at radius 3 is 1.20 bits per heavy atom. The number of furan rings is 2. The predicted octanol–water partition coefficient (Wildman–Crippen LogP) is 13.6. The molecule has 2 heteroatoms. The summed E-state index contributed by atoms with van der Waals surface area (Å²) in [6.07, 6.45) is 0. The molecule has 0 bridgehead atoms. The van der Waals surface area contributed by atoms with Crippen LogP contribution >= 0.6 is 0 Å². The van der Waals surface area contributed by atoms with Crippen molar-refractivity contribution in [3.8, 4) is 55.6 Å². The van der Waals surface area contributed by atoms with Gasteiger partial charge in [0, 0.05) is 38.6 Å². The Morgan fingerprint density at radius 2 is 0.706 bits per heavy atom. The SMILES string of the molecule is c1ccc(-c2cc(-c3ccccc3)cc(-c3cc4c5c(c3)-c3ccc6c(oc7ccccc76)c3C5c3c-4ccc4c3oc3ccccc34)c2)cc1. The first-order chi connectivity index (χ1) is 25.3. The summed E-state index contributed by atoms with van der Waals surface area (Å²) >= 11 is 0. The van der Waals surface area contributed by atoms with Gasteiger partial charge in [0.2, 0.25) is 0 Å². The summed E-state index contributed by atoms with van der Waals surface area (Å²) in [6, 6.07) is 59.3. The van der Waals surface area contributed by atoms with Gasteiger partial charge in [0.1, 0.15) is 22.3 Å². The van der Waals surface area contributed by atoms with Gasteiger partial charge in [0.15, 0.2) is 0 Å². The highest BCUT2D eigenvalue weighted by atomic mass is 16.3. The normalized spacial score (nSPS) is 13.0. The maximum atomic E-state index is 6.78. The maximum absolute atomic E-state index is 6.78. The molecule has 0 aliphatic heterocycles. The van der Waals surface area contributed by atoms with Crippen LogP contribution in [0.5, 0.6) is 0 Å². The Balaban J connectivity index is 1.18. The van der Waals surface area contributed by atoms with Gasteiger partial charge in [-0.2, -0.15) is 0 Å². The summed E-state index contributed by atoms with van der Waals surface area (Å²) < 4.78 is 13.6. The highest BCUT2D eigenvalue weighted by Gasteiger charge is 2.43. The van der Waals surface area contributed by atoms with Crippen LogP contribution in [0.4, 0.5) is 0 Å². The third-order valence-electron chi connectivity index (χ3n) is 11.3. The molecule has 12 rings (SSSR count). The lowest BCUT2D eigenvalue weighted by atomic mass is 9.89. The second-order valence-electron chi connectivity index (χ2n) is 14.0. The highest BCUT2D eigenvalue weighted by Crippen LogP contribution is 2.62. The Labute approximate surface area is 293 Å². The topological polar surface area (TPSA) is 26.3 Å². The van der Waals surface area contributed by atoms with Gasteiger partial charge in [0.05, 0.1) is 0 Å². The minimum Gasteiger partial charge on any atom is -0.456 e. The van der Waals surface area contributed by atoms with Crippen LogP contribution in [0, 0.1) is 0 Å². The summed E-state index contributed by atoms with van der Waals surface area (Å²) in [7, 11) is 0. The number of hydrogen-bond donors (Lipinski definition) is 0. The lowest BCUT2D eigenvalue weighted by Gasteiger charge is -2.14. The van der Waals surface area contributed by atoms with E-state index < -0.39 is 0 Å². The van der Waals surface area contributed by atoms with E-state index in [1.165, 1.54) is 72.3 Å². The molecule has 8 aromatic carbocycles. The van der Waals surface area contributed by atoms with Gasteiger partial charge < -0.3 is 8.83 Å². The maximum Gasteiger partial charge on any atom is 0.140 e. The van der Waals surface area contributed by atoms with Crippen molar-refractivity contribution in [3.05, 3.63) is 180 Å². The van der Waals surface area contributed by atoms with Gasteiger partial charge in [-0.15, -0.1) is 0 Å². The van der Waals surface area contributed by atoms with Crippen molar-refractivity contribution >= 4 is 43.9 Å². The molecule has 2 heterocycles. The van der Waals surface area contributed by atoms with Crippen molar-refractivity contribution in [3.63, 3.8) is 0 Å². The van der Waals surface area contributed by atoms with E-state index in [9.17, 15) is 0 Å². The average molecular weight is 649 g/mol. The van der Waals surface area contributed by atoms with Crippen molar-refractivity contribution in [1.82, 2.24) is 0 Å². The number of para-hydroxylation sites is 2. The van der Waals surface area contributed by atoms with Crippen LogP contribution in [-0.2, 0) is 0 Å². The predicted molar refractivity (Wildman–Crippen MR) is 209 cm³/mol. The van der Waals surface area contributed by atoms with E-state index in [0.29, 0.717) is 0 Å². The van der Waals surface area contributed by atoms with Crippen LogP contribution in [0.15, 0.2) is 173 Å². The minimum absolute atomic E-state index is 0.0121. The molecule has 2 nitrogen and oxygen atoms in total. The number of hydrogen-bond acceptors (Lipinski definition) is 2. The first kappa shape index (κ1) is 27.2. The van der Waals surface area contributed by atoms with Crippen LogP contribution in [0.1, 0.15) is 22.6 Å². The van der Waals surface area contributed by atoms with Gasteiger partial charge in [-0.05, 0) is 116 Å². The molecule has 0 saturated carbocycles. The molecule has 0 amide bonds. The molecule has 0 spiro atoms. The fourth-order valence-corrected chi connectivity index (χ4v) is 9.06. The van der Waals surface area contributed by atoms with Crippen LogP contribution in [0.25, 0.3) is 99.5 Å². The third kappa shape index (κ3) is 3.71. The zero-order valence-corrected chi connectivity index (χ0v) is 27.5. The number of fused-ring (bicyclic) bond motifs is 14. The largest absolute Gasteiger partial charge is 0.456 e. The van der Waals surface area contributed by atoms with Gasteiger partial charge in [-0.25, -0.2) is 0 Å². The summed E-state index contributed by atoms with van der Waals surface area (Å²) in [5.74, 6) is 0.0121. The van der Waals surface area contributed by atoms with Crippen molar-refractivity contribution in [2.45, 2.75) is 5.92 Å². The number of benzene rings is 8. The van der Waals surface area contributed by atoms with Gasteiger partial charge in [-0.1, -0.05) is 109 Å². The monoisotopic (exact) mass is 648 g/mol. The highest BCUT2D eigenvalue weighted by molar-refractivity contribution is 6.14. The second kappa shape index (κ2) is 9.97. The van der Waals surface area contributed by atoms with E-state index in [4.69, 9.17) is 8.83 Å². The van der Waals surface area contributed by atoms with E-state index in [1.54, 1.807) is 0 Å². The lowest BCUT2D eigenvalue weighted by molar-refractivity contribution is 0.656. The fraction of sp³-hybridized carbons (Fsp3) is 0.0204. The van der Waals surface area contributed by atoms with Gasteiger partial charge in [0.25, 0.3) is 0 Å². The van der Waals surface area contributed by atoms with Crippen molar-refractivity contribution in [1.29, 1.82) is 0 Å². The molecular weight excluding hydrogens is 621 g/mol. The molecule has 0 saturated heterocycles. The summed E-state index contributed by atoms with van der Waals surface area (Å²) in [6.45, 7) is 0. The molecular formula is C49H28O2. The summed E-state index contributed by atoms with van der Waals surface area (Å²) in [5.41, 5.74) is 19.9. The molecule has 10 aromatic rings. The van der Waals surface area contributed by atoms with Crippen LogP contribution in [-0.4, -0.2) is 0 Å². The Hall–Kier alpha value is -6.64. The molecule has 0 atom stereocenters. The van der Waals surface area contributed by atoms with Crippen LogP contribution in [0.2, 0.25) is 0 Å². The Morgan fingerprint density at radius 1 is 0.294 bits per heavy atom. The van der Waals surface area contributed by atoms with Crippen LogP contribution < -0.4 is 0 Å². The standard InChI is InChI=1S/C49H28O2/c1-3-11-28(12-4-1)30-23-31(29-13-5-2-6-14-29)25-32(24-30)33-26-40-36-19-21-38-34-15-7-9-17-42(34)50-48(38)45(36)47-44(40)41(27-33)37-20-22-39-35-16-8-10-18-43(35)51-49(39)46(37)47/h1-27,47H. The number of rotatable bonds is 3. The fourth-order valence-electron chi connectivity index (χ4n) is 9.06. The molecule has 2 aliphatic rings. The van der Waals surface area contributed by atoms with E-state index >= 15 is 0 Å². The Bertz CT molecular complexity index is 2870. The molecule has 236 valence electrons. The molecule has 51 heavy (non-hydrogen) atoms. The van der Waals surface area contributed by atoms with Crippen molar-refractivity contribution < 1.29 is 8.83 Å². The minimum atomic E-state index is 0.0121. The molecule has 0 radical (unpaired) electrons. The third-order valence-corrected chi connectivity index (χ3v) is 11.3. The molecule has 2 aliphatic carbocycles. The summed E-state index contributed by atoms with van der Waals surface area (Å²) in [4.78, 5) is 0. The first-order valence-electron chi connectivity index (χ1n) is 17.6. The smallest absolute Gasteiger partial charge is 0.140 e. The first-order valence-corrected chi connectivity index (χ1v) is 17.6. The zero-order chi connectivity index (χ0) is 33.2. The quantitative estimate of drug-likeness (QED) is 0.191. The summed E-state index contributed by atoms with van der Waals surface area (Å²) in [5, 5.41) is 4.62. The molecule has 0 N–H and O–H groups in total. The lowest BCUT2D eigenvalue weighted by Crippen LogP contribution is -1.96. The second-order valence-corrected chi connectivity index (χ2v) is 14.0. The molecule has 2 aromatic heterocycles. The van der Waals surface area contributed by atoms with E-state index in [2.05, 4.69) is 164 Å². The van der Waals surface area contributed by atoms with Gasteiger partial charge in [-0.3, -0.25) is 0 Å². The molecule has 0 unspecified atom stereocenters. The van der Waals surface area contributed by atoms with E-state index in [1.807, 2.05) is 0 Å². The van der Waals surface area contributed by atoms with Gasteiger partial charge >= 0.3 is 0 Å². The van der Waals surface area contributed by atoms with Crippen molar-refractivity contribution in [2.75, 3.05) is 0 Å². The average Bonchev–Trinajstić information content (AvgIpc) is 3.94. The van der Waals surface area contributed by atoms with Crippen molar-refractivity contribution in [2.24, 2.45) is 0 Å². The molecule has 0 fully saturated rings. The van der Waals surface area contributed by atoms with E-state index in [0.717, 1.165) is 43.9 Å². The zero-order valence-electron chi connectivity index (χ0n) is 27.5. The van der Waals surface area contributed by atoms with Crippen LogP contribution in [0.3, 0.4) is 0 Å².